The van der Waals surface area contributed by atoms with Crippen LogP contribution in [0.2, 0.25) is 0 Å². The van der Waals surface area contributed by atoms with Crippen LogP contribution in [0.15, 0.2) is 24.4 Å². The Kier molecular flexibility index (Phi) is 4.71. The second-order valence-corrected chi connectivity index (χ2v) is 7.69. The Morgan fingerprint density at radius 1 is 1.31 bits per heavy atom. The van der Waals surface area contributed by atoms with Gasteiger partial charge in [-0.15, -0.1) is 0 Å². The lowest BCUT2D eigenvalue weighted by molar-refractivity contribution is -0.140. The van der Waals surface area contributed by atoms with Crippen molar-refractivity contribution in [3.05, 3.63) is 35.8 Å². The van der Waals surface area contributed by atoms with Gasteiger partial charge in [-0.25, -0.2) is 4.39 Å². The number of hydrogen-bond acceptors (Lipinski definition) is 3. The Bertz CT molecular complexity index is 817. The third kappa shape index (κ3) is 3.12. The SMILES string of the molecule is Cn1cc(CN2CC[C@@H]3[C@@H](CCC(=O)N3CCN)C2)c2ccc(F)cc21. The molecule has 2 aliphatic rings. The molecule has 2 atom stereocenters. The monoisotopic (exact) mass is 358 g/mol. The fraction of sp³-hybridized carbons (Fsp3) is 0.550. The van der Waals surface area contributed by atoms with Crippen molar-refractivity contribution in [2.24, 2.45) is 18.7 Å². The standard InChI is InChI=1S/C20H27FN4O/c1-23-11-15(17-4-3-16(21)10-19(17)23)13-24-8-6-18-14(12-24)2-5-20(26)25(18)9-7-22/h3-4,10-11,14,18H,2,5-9,12-13,22H2,1H3/t14-,18+/m0/s1. The number of nitrogens with two attached hydrogens (primary N) is 1. The minimum Gasteiger partial charge on any atom is -0.350 e. The molecule has 3 heterocycles. The van der Waals surface area contributed by atoms with Gasteiger partial charge in [-0.3, -0.25) is 9.69 Å². The van der Waals surface area contributed by atoms with Crippen molar-refractivity contribution in [2.45, 2.75) is 31.8 Å². The normalized spacial score (nSPS) is 24.3. The van der Waals surface area contributed by atoms with E-state index in [4.69, 9.17) is 5.73 Å². The van der Waals surface area contributed by atoms with Crippen LogP contribution in [0.25, 0.3) is 10.9 Å². The molecule has 2 aromatic rings. The van der Waals surface area contributed by atoms with Crippen LogP contribution in [0, 0.1) is 11.7 Å². The van der Waals surface area contributed by atoms with Crippen LogP contribution in [-0.4, -0.2) is 52.5 Å². The Morgan fingerprint density at radius 2 is 2.15 bits per heavy atom. The summed E-state index contributed by atoms with van der Waals surface area (Å²) in [6.45, 7) is 4.07. The second-order valence-electron chi connectivity index (χ2n) is 7.69. The molecule has 0 unspecified atom stereocenters. The number of piperidine rings is 2. The zero-order chi connectivity index (χ0) is 18.3. The summed E-state index contributed by atoms with van der Waals surface area (Å²) < 4.78 is 15.5. The summed E-state index contributed by atoms with van der Waals surface area (Å²) >= 11 is 0. The van der Waals surface area contributed by atoms with Crippen molar-refractivity contribution in [1.82, 2.24) is 14.4 Å². The number of carbonyl (C=O) groups excluding carboxylic acids is 1. The average Bonchev–Trinajstić information content (AvgIpc) is 2.92. The highest BCUT2D eigenvalue weighted by Crippen LogP contribution is 2.32. The maximum absolute atomic E-state index is 13.5. The third-order valence-electron chi connectivity index (χ3n) is 6.03. The molecule has 2 saturated heterocycles. The quantitative estimate of drug-likeness (QED) is 0.911. The Morgan fingerprint density at radius 3 is 2.96 bits per heavy atom. The number of likely N-dealkylation sites (tertiary alicyclic amines) is 2. The number of aryl methyl sites for hydroxylation is 1. The van der Waals surface area contributed by atoms with Gasteiger partial charge in [0.2, 0.25) is 5.91 Å². The van der Waals surface area contributed by atoms with E-state index in [1.54, 1.807) is 6.07 Å². The molecule has 26 heavy (non-hydrogen) atoms. The van der Waals surface area contributed by atoms with Crippen LogP contribution >= 0.6 is 0 Å². The number of amides is 1. The predicted octanol–water partition coefficient (Wildman–Crippen LogP) is 2.09. The lowest BCUT2D eigenvalue weighted by Crippen LogP contribution is -2.56. The van der Waals surface area contributed by atoms with E-state index in [0.717, 1.165) is 43.4 Å². The van der Waals surface area contributed by atoms with Crippen LogP contribution in [-0.2, 0) is 18.4 Å². The summed E-state index contributed by atoms with van der Waals surface area (Å²) in [5.41, 5.74) is 7.88. The number of halogens is 1. The molecule has 0 radical (unpaired) electrons. The summed E-state index contributed by atoms with van der Waals surface area (Å²) in [7, 11) is 1.97. The van der Waals surface area contributed by atoms with E-state index in [0.29, 0.717) is 31.5 Å². The first-order valence-corrected chi connectivity index (χ1v) is 9.52. The van der Waals surface area contributed by atoms with Crippen LogP contribution in [0.4, 0.5) is 4.39 Å². The van der Waals surface area contributed by atoms with Crippen LogP contribution in [0.1, 0.15) is 24.8 Å². The molecular formula is C20H27FN4O. The zero-order valence-corrected chi connectivity index (χ0v) is 15.3. The second kappa shape index (κ2) is 7.00. The van der Waals surface area contributed by atoms with E-state index < -0.39 is 0 Å². The summed E-state index contributed by atoms with van der Waals surface area (Å²) in [4.78, 5) is 16.7. The largest absolute Gasteiger partial charge is 0.350 e. The first-order chi connectivity index (χ1) is 12.6. The van der Waals surface area contributed by atoms with E-state index in [-0.39, 0.29) is 11.7 Å². The Balaban J connectivity index is 1.49. The highest BCUT2D eigenvalue weighted by Gasteiger charge is 2.38. The van der Waals surface area contributed by atoms with Gasteiger partial charge in [0.05, 0.1) is 5.52 Å². The van der Waals surface area contributed by atoms with Gasteiger partial charge < -0.3 is 15.2 Å². The molecule has 0 bridgehead atoms. The predicted molar refractivity (Wildman–Crippen MR) is 100 cm³/mol. The van der Waals surface area contributed by atoms with E-state index in [2.05, 4.69) is 11.1 Å². The molecule has 0 aliphatic carbocycles. The summed E-state index contributed by atoms with van der Waals surface area (Å²) in [5.74, 6) is 0.597. The molecular weight excluding hydrogens is 331 g/mol. The molecule has 4 rings (SSSR count). The lowest BCUT2D eigenvalue weighted by atomic mass is 9.83. The van der Waals surface area contributed by atoms with Gasteiger partial charge in [-0.2, -0.15) is 0 Å². The van der Waals surface area contributed by atoms with E-state index >= 15 is 0 Å². The minimum atomic E-state index is -0.196. The fourth-order valence-electron chi connectivity index (χ4n) is 4.81. The average molecular weight is 358 g/mol. The molecule has 0 spiro atoms. The molecule has 1 aromatic heterocycles. The van der Waals surface area contributed by atoms with Gasteiger partial charge in [-0.05, 0) is 42.5 Å². The third-order valence-corrected chi connectivity index (χ3v) is 6.03. The maximum atomic E-state index is 13.5. The zero-order valence-electron chi connectivity index (χ0n) is 15.3. The van der Waals surface area contributed by atoms with Gasteiger partial charge in [0.1, 0.15) is 5.82 Å². The van der Waals surface area contributed by atoms with Crippen molar-refractivity contribution in [2.75, 3.05) is 26.2 Å². The van der Waals surface area contributed by atoms with Crippen molar-refractivity contribution < 1.29 is 9.18 Å². The fourth-order valence-corrected chi connectivity index (χ4v) is 4.81. The number of fused-ring (bicyclic) bond motifs is 2. The van der Waals surface area contributed by atoms with Crippen LogP contribution in [0.5, 0.6) is 0 Å². The molecule has 5 nitrogen and oxygen atoms in total. The van der Waals surface area contributed by atoms with Gasteiger partial charge in [0.15, 0.2) is 0 Å². The molecule has 2 N–H and O–H groups in total. The van der Waals surface area contributed by atoms with Crippen molar-refractivity contribution in [1.29, 1.82) is 0 Å². The number of benzene rings is 1. The van der Waals surface area contributed by atoms with Crippen molar-refractivity contribution in [3.63, 3.8) is 0 Å². The minimum absolute atomic E-state index is 0.196. The van der Waals surface area contributed by atoms with Gasteiger partial charge in [0.25, 0.3) is 0 Å². The Hall–Kier alpha value is -1.92. The van der Waals surface area contributed by atoms with Crippen LogP contribution in [0.3, 0.4) is 0 Å². The van der Waals surface area contributed by atoms with E-state index in [9.17, 15) is 9.18 Å². The van der Waals surface area contributed by atoms with Gasteiger partial charge in [0, 0.05) is 63.8 Å². The molecule has 0 saturated carbocycles. The summed E-state index contributed by atoms with van der Waals surface area (Å²) in [6.07, 6.45) is 4.74. The van der Waals surface area contributed by atoms with Crippen molar-refractivity contribution in [3.8, 4) is 0 Å². The highest BCUT2D eigenvalue weighted by molar-refractivity contribution is 5.84. The molecule has 1 aromatic carbocycles. The molecule has 6 heteroatoms. The first-order valence-electron chi connectivity index (χ1n) is 9.52. The number of hydrogen-bond donors (Lipinski definition) is 1. The van der Waals surface area contributed by atoms with E-state index in [1.165, 1.54) is 11.6 Å². The topological polar surface area (TPSA) is 54.5 Å². The number of nitrogens with zero attached hydrogens (tertiary/aromatic N) is 3. The highest BCUT2D eigenvalue weighted by atomic mass is 19.1. The molecule has 140 valence electrons. The summed E-state index contributed by atoms with van der Waals surface area (Å²) in [6, 6.07) is 5.37. The number of aromatic nitrogens is 1. The molecule has 1 amide bonds. The number of carbonyl (C=O) groups is 1. The summed E-state index contributed by atoms with van der Waals surface area (Å²) in [5, 5.41) is 1.12. The molecule has 2 aliphatic heterocycles. The van der Waals surface area contributed by atoms with Gasteiger partial charge >= 0.3 is 0 Å². The maximum Gasteiger partial charge on any atom is 0.222 e. The molecule has 2 fully saturated rings. The van der Waals surface area contributed by atoms with E-state index in [1.807, 2.05) is 22.6 Å². The lowest BCUT2D eigenvalue weighted by Gasteiger charge is -2.47. The van der Waals surface area contributed by atoms with Crippen LogP contribution < -0.4 is 5.73 Å². The first kappa shape index (κ1) is 17.5. The Labute approximate surface area is 153 Å². The number of rotatable bonds is 4. The van der Waals surface area contributed by atoms with Crippen molar-refractivity contribution >= 4 is 16.8 Å². The smallest absolute Gasteiger partial charge is 0.222 e. The van der Waals surface area contributed by atoms with Gasteiger partial charge in [-0.1, -0.05) is 0 Å².